The van der Waals surface area contributed by atoms with Crippen LogP contribution >= 0.6 is 54.5 Å². The maximum Gasteiger partial charge on any atom is 0.266 e. The predicted molar refractivity (Wildman–Crippen MR) is 57.3 cm³/mol. The summed E-state index contributed by atoms with van der Waals surface area (Å²) in [4.78, 5) is 3.85. The van der Waals surface area contributed by atoms with Gasteiger partial charge in [0.05, 0.1) is 4.47 Å². The number of alkyl halides is 2. The first-order valence-electron chi connectivity index (χ1n) is 2.81. The topological polar surface area (TPSA) is 12.9 Å². The van der Waals surface area contributed by atoms with Crippen LogP contribution in [-0.2, 0) is 0 Å². The molecule has 0 amide bonds. The molecule has 6 heteroatoms. The Hall–Kier alpha value is 0.700. The van der Waals surface area contributed by atoms with E-state index in [1.54, 1.807) is 0 Å². The summed E-state index contributed by atoms with van der Waals surface area (Å²) in [5.74, 6) is 0. The van der Waals surface area contributed by atoms with Gasteiger partial charge in [0, 0.05) is 15.3 Å². The van der Waals surface area contributed by atoms with Crippen LogP contribution in [0.5, 0.6) is 0 Å². The highest BCUT2D eigenvalue weighted by Crippen LogP contribution is 2.34. The molecule has 66 valence electrons. The summed E-state index contributed by atoms with van der Waals surface area (Å²) >= 11 is 7.92. The Kier molecular flexibility index (Phi) is 3.84. The molecule has 0 aliphatic heterocycles. The van der Waals surface area contributed by atoms with Crippen LogP contribution in [0.1, 0.15) is 12.0 Å². The van der Waals surface area contributed by atoms with Gasteiger partial charge in [-0.2, -0.15) is 0 Å². The van der Waals surface area contributed by atoms with Crippen molar-refractivity contribution >= 4 is 54.5 Å². The molecule has 1 nitrogen and oxygen atoms in total. The van der Waals surface area contributed by atoms with Crippen molar-refractivity contribution in [1.29, 1.82) is 0 Å². The van der Waals surface area contributed by atoms with Crippen LogP contribution < -0.4 is 0 Å². The lowest BCUT2D eigenvalue weighted by molar-refractivity contribution is 0.149. The van der Waals surface area contributed by atoms with Crippen LogP contribution in [0.15, 0.2) is 15.3 Å². The van der Waals surface area contributed by atoms with Crippen LogP contribution in [0.3, 0.4) is 0 Å². The van der Waals surface area contributed by atoms with Crippen molar-refractivity contribution in [2.24, 2.45) is 0 Å². The summed E-state index contributed by atoms with van der Waals surface area (Å²) in [6.45, 7) is 0. The van der Waals surface area contributed by atoms with Crippen LogP contribution in [0.25, 0.3) is 0 Å². The first kappa shape index (κ1) is 10.8. The molecule has 1 heterocycles. The van der Waals surface area contributed by atoms with E-state index in [2.05, 4.69) is 36.8 Å². The highest BCUT2D eigenvalue weighted by atomic mass is 127. The van der Waals surface area contributed by atoms with E-state index in [1.165, 1.54) is 6.20 Å². The highest BCUT2D eigenvalue weighted by molar-refractivity contribution is 14.1. The van der Waals surface area contributed by atoms with Gasteiger partial charge in [-0.1, -0.05) is 0 Å². The number of aromatic nitrogens is 1. The summed E-state index contributed by atoms with van der Waals surface area (Å²) in [5.41, 5.74) is -0.0162. The largest absolute Gasteiger partial charge is 0.266 e. The van der Waals surface area contributed by atoms with Crippen molar-refractivity contribution in [1.82, 2.24) is 4.98 Å². The molecule has 0 fully saturated rings. The third kappa shape index (κ3) is 2.14. The molecule has 0 radical (unpaired) electrons. The summed E-state index contributed by atoms with van der Waals surface area (Å²) in [6.07, 6.45) is -1.08. The fourth-order valence-electron chi connectivity index (χ4n) is 0.656. The van der Waals surface area contributed by atoms with E-state index >= 15 is 0 Å². The van der Waals surface area contributed by atoms with Crippen LogP contribution in [0, 0.1) is 3.57 Å². The van der Waals surface area contributed by atoms with Crippen molar-refractivity contribution in [2.75, 3.05) is 0 Å². The lowest BCUT2D eigenvalue weighted by Crippen LogP contribution is -1.94. The highest BCUT2D eigenvalue weighted by Gasteiger charge is 2.17. The minimum Gasteiger partial charge on any atom is -0.247 e. The van der Waals surface area contributed by atoms with Gasteiger partial charge in [-0.15, -0.1) is 0 Å². The minimum absolute atomic E-state index is 0.0162. The molecular weight excluding hydrogens is 411 g/mol. The molecule has 0 aromatic carbocycles. The molecule has 0 unspecified atom stereocenters. The predicted octanol–water partition coefficient (Wildman–Crippen LogP) is 4.15. The molecule has 1 aromatic rings. The van der Waals surface area contributed by atoms with Crippen molar-refractivity contribution in [3.63, 3.8) is 0 Å². The third-order valence-electron chi connectivity index (χ3n) is 1.18. The first-order chi connectivity index (χ1) is 5.54. The van der Waals surface area contributed by atoms with Gasteiger partial charge in [0.25, 0.3) is 6.43 Å². The number of hydrogen-bond acceptors (Lipinski definition) is 1. The fourth-order valence-corrected chi connectivity index (χ4v) is 2.48. The second-order valence-corrected chi connectivity index (χ2v) is 4.63. The van der Waals surface area contributed by atoms with Crippen molar-refractivity contribution in [3.05, 3.63) is 24.4 Å². The average Bonchev–Trinajstić information content (AvgIpc) is 1.97. The van der Waals surface area contributed by atoms with E-state index in [4.69, 9.17) is 0 Å². The number of rotatable bonds is 1. The summed E-state index contributed by atoms with van der Waals surface area (Å²) < 4.78 is 26.0. The van der Waals surface area contributed by atoms with Gasteiger partial charge < -0.3 is 0 Å². The summed E-state index contributed by atoms with van der Waals surface area (Å²) in [6, 6.07) is 0. The molecule has 12 heavy (non-hydrogen) atoms. The second-order valence-electron chi connectivity index (χ2n) is 1.93. The maximum atomic E-state index is 12.4. The van der Waals surface area contributed by atoms with Gasteiger partial charge in [0.2, 0.25) is 0 Å². The third-order valence-corrected chi connectivity index (χ3v) is 3.98. The molecule has 0 atom stereocenters. The molecule has 0 N–H and O–H groups in total. The van der Waals surface area contributed by atoms with E-state index < -0.39 is 6.43 Å². The molecule has 0 aliphatic carbocycles. The van der Waals surface area contributed by atoms with Gasteiger partial charge in [-0.05, 0) is 54.5 Å². The zero-order chi connectivity index (χ0) is 9.30. The average molecular weight is 413 g/mol. The van der Waals surface area contributed by atoms with E-state index in [0.717, 1.165) is 0 Å². The summed E-state index contributed by atoms with van der Waals surface area (Å²) in [5, 5.41) is 0. The minimum atomic E-state index is -2.48. The molecule has 0 aliphatic rings. The number of hydrogen-bond donors (Lipinski definition) is 0. The molecule has 0 saturated carbocycles. The van der Waals surface area contributed by atoms with Crippen molar-refractivity contribution in [3.8, 4) is 0 Å². The standard InChI is InChI=1S/C6H2Br2F2IN/c7-4-3(6(9)10)2(11)1-12-5(4)8/h1,6H. The fraction of sp³-hybridized carbons (Fsp3) is 0.167. The molecule has 0 spiro atoms. The zero-order valence-electron chi connectivity index (χ0n) is 5.49. The normalized spacial score (nSPS) is 10.8. The van der Waals surface area contributed by atoms with Gasteiger partial charge >= 0.3 is 0 Å². The lowest BCUT2D eigenvalue weighted by Gasteiger charge is -2.06. The van der Waals surface area contributed by atoms with Crippen LogP contribution in [-0.4, -0.2) is 4.98 Å². The number of pyridine rings is 1. The SMILES string of the molecule is FC(F)c1c(I)cnc(Br)c1Br. The van der Waals surface area contributed by atoms with E-state index in [9.17, 15) is 8.78 Å². The number of halogens is 5. The van der Waals surface area contributed by atoms with Gasteiger partial charge in [-0.25, -0.2) is 13.8 Å². The zero-order valence-corrected chi connectivity index (χ0v) is 10.8. The van der Waals surface area contributed by atoms with Crippen molar-refractivity contribution < 1.29 is 8.78 Å². The van der Waals surface area contributed by atoms with E-state index in [1.807, 2.05) is 22.6 Å². The maximum absolute atomic E-state index is 12.4. The Bertz CT molecular complexity index is 306. The summed E-state index contributed by atoms with van der Waals surface area (Å²) in [7, 11) is 0. The van der Waals surface area contributed by atoms with Gasteiger partial charge in [-0.3, -0.25) is 0 Å². The Balaban J connectivity index is 3.33. The smallest absolute Gasteiger partial charge is 0.247 e. The number of nitrogens with zero attached hydrogens (tertiary/aromatic N) is 1. The molecule has 1 rings (SSSR count). The first-order valence-corrected chi connectivity index (χ1v) is 5.48. The van der Waals surface area contributed by atoms with Crippen LogP contribution in [0.4, 0.5) is 8.78 Å². The van der Waals surface area contributed by atoms with Crippen molar-refractivity contribution in [2.45, 2.75) is 6.43 Å². The quantitative estimate of drug-likeness (QED) is 0.499. The van der Waals surface area contributed by atoms with Gasteiger partial charge in [0.15, 0.2) is 0 Å². The Morgan fingerprint density at radius 2 is 2.00 bits per heavy atom. The van der Waals surface area contributed by atoms with E-state index in [0.29, 0.717) is 12.6 Å². The second kappa shape index (κ2) is 4.28. The molecule has 0 bridgehead atoms. The lowest BCUT2D eigenvalue weighted by atomic mass is 10.3. The Labute approximate surface area is 98.3 Å². The Morgan fingerprint density at radius 1 is 1.42 bits per heavy atom. The monoisotopic (exact) mass is 411 g/mol. The van der Waals surface area contributed by atoms with E-state index in [-0.39, 0.29) is 5.56 Å². The molecule has 1 aromatic heterocycles. The molecular formula is C6H2Br2F2IN. The Morgan fingerprint density at radius 3 is 2.42 bits per heavy atom. The van der Waals surface area contributed by atoms with Crippen LogP contribution in [0.2, 0.25) is 0 Å². The van der Waals surface area contributed by atoms with Gasteiger partial charge in [0.1, 0.15) is 4.60 Å². The molecule has 0 saturated heterocycles.